The maximum absolute atomic E-state index is 12.2. The highest BCUT2D eigenvalue weighted by Crippen LogP contribution is 2.26. The van der Waals surface area contributed by atoms with Crippen molar-refractivity contribution in [3.63, 3.8) is 0 Å². The molecule has 1 aliphatic rings. The number of rotatable bonds is 4. The van der Waals surface area contributed by atoms with E-state index in [-0.39, 0.29) is 6.04 Å². The van der Waals surface area contributed by atoms with Crippen LogP contribution in [0.2, 0.25) is 5.02 Å². The van der Waals surface area contributed by atoms with Crippen molar-refractivity contribution >= 4 is 38.8 Å². The number of nitrogens with zero attached hydrogens (tertiary/aromatic N) is 2. The molecule has 21 heavy (non-hydrogen) atoms. The first-order valence-electron chi connectivity index (χ1n) is 6.47. The Morgan fingerprint density at radius 1 is 1.38 bits per heavy atom. The fourth-order valence-corrected chi connectivity index (χ4v) is 4.87. The van der Waals surface area contributed by atoms with Gasteiger partial charge in [0.1, 0.15) is 10.0 Å². The summed E-state index contributed by atoms with van der Waals surface area (Å²) < 4.78 is 27.5. The zero-order valence-corrected chi connectivity index (χ0v) is 13.5. The standard InChI is InChI=1S/C13H14ClN3O2S2/c14-11-3-1-6-15-13(11)17-7-5-10(9-17)16-21(18,19)12-4-2-8-20-12/h1-4,6,8,10,16H,5,7,9H2/t10-/m0/s1. The lowest BCUT2D eigenvalue weighted by Crippen LogP contribution is -2.36. The van der Waals surface area contributed by atoms with Crippen molar-refractivity contribution in [2.24, 2.45) is 0 Å². The molecule has 0 aliphatic carbocycles. The first-order chi connectivity index (χ1) is 10.1. The minimum absolute atomic E-state index is 0.129. The summed E-state index contributed by atoms with van der Waals surface area (Å²) in [5.74, 6) is 0.706. The molecule has 0 saturated carbocycles. The summed E-state index contributed by atoms with van der Waals surface area (Å²) in [6.07, 6.45) is 2.42. The molecule has 2 aromatic heterocycles. The maximum atomic E-state index is 12.2. The second-order valence-corrected chi connectivity index (χ2v) is 8.09. The Balaban J connectivity index is 1.70. The molecular weight excluding hydrogens is 330 g/mol. The van der Waals surface area contributed by atoms with Gasteiger partial charge in [-0.1, -0.05) is 17.7 Å². The van der Waals surface area contributed by atoms with Crippen LogP contribution >= 0.6 is 22.9 Å². The van der Waals surface area contributed by atoms with Crippen LogP contribution in [0.1, 0.15) is 6.42 Å². The fourth-order valence-electron chi connectivity index (χ4n) is 2.35. The predicted molar refractivity (Wildman–Crippen MR) is 84.5 cm³/mol. The number of hydrogen-bond donors (Lipinski definition) is 1. The van der Waals surface area contributed by atoms with Gasteiger partial charge in [0, 0.05) is 25.3 Å². The van der Waals surface area contributed by atoms with Crippen LogP contribution in [0.4, 0.5) is 5.82 Å². The Morgan fingerprint density at radius 2 is 2.24 bits per heavy atom. The number of thiophene rings is 1. The van der Waals surface area contributed by atoms with Gasteiger partial charge >= 0.3 is 0 Å². The van der Waals surface area contributed by atoms with E-state index in [0.29, 0.717) is 21.6 Å². The zero-order valence-electron chi connectivity index (χ0n) is 11.1. The first-order valence-corrected chi connectivity index (χ1v) is 9.21. The molecule has 0 bridgehead atoms. The molecule has 1 N–H and O–H groups in total. The summed E-state index contributed by atoms with van der Waals surface area (Å²) in [7, 11) is -3.43. The van der Waals surface area contributed by atoms with Gasteiger partial charge in [-0.25, -0.2) is 18.1 Å². The molecule has 2 aromatic rings. The Labute approximate surface area is 132 Å². The Hall–Kier alpha value is -1.15. The van der Waals surface area contributed by atoms with Gasteiger partial charge < -0.3 is 4.90 Å². The molecule has 1 aliphatic heterocycles. The van der Waals surface area contributed by atoms with Crippen molar-refractivity contribution in [2.75, 3.05) is 18.0 Å². The lowest BCUT2D eigenvalue weighted by atomic mass is 10.3. The van der Waals surface area contributed by atoms with E-state index >= 15 is 0 Å². The van der Waals surface area contributed by atoms with E-state index in [4.69, 9.17) is 11.6 Å². The van der Waals surface area contributed by atoms with E-state index in [1.54, 1.807) is 35.8 Å². The molecule has 0 amide bonds. The normalized spacial score (nSPS) is 19.1. The van der Waals surface area contributed by atoms with Crippen LogP contribution in [0.15, 0.2) is 40.1 Å². The van der Waals surface area contributed by atoms with Crippen LogP contribution in [0.25, 0.3) is 0 Å². The molecule has 1 saturated heterocycles. The van der Waals surface area contributed by atoms with E-state index in [9.17, 15) is 8.42 Å². The van der Waals surface area contributed by atoms with Crippen molar-refractivity contribution in [1.29, 1.82) is 0 Å². The Morgan fingerprint density at radius 3 is 2.95 bits per heavy atom. The zero-order chi connectivity index (χ0) is 14.9. The molecule has 5 nitrogen and oxygen atoms in total. The van der Waals surface area contributed by atoms with E-state index in [1.807, 2.05) is 4.90 Å². The van der Waals surface area contributed by atoms with Crippen molar-refractivity contribution in [2.45, 2.75) is 16.7 Å². The van der Waals surface area contributed by atoms with E-state index in [0.717, 1.165) is 13.0 Å². The number of aromatic nitrogens is 1. The molecule has 1 atom stereocenters. The molecule has 0 radical (unpaired) electrons. The number of pyridine rings is 1. The third-order valence-corrected chi connectivity index (χ3v) is 6.52. The monoisotopic (exact) mass is 343 g/mol. The van der Waals surface area contributed by atoms with Crippen LogP contribution in [0, 0.1) is 0 Å². The number of nitrogens with one attached hydrogen (secondary N) is 1. The molecule has 3 rings (SSSR count). The van der Waals surface area contributed by atoms with Gasteiger partial charge in [-0.2, -0.15) is 0 Å². The molecule has 0 aromatic carbocycles. The average Bonchev–Trinajstić information content (AvgIpc) is 3.10. The van der Waals surface area contributed by atoms with Gasteiger partial charge in [-0.15, -0.1) is 11.3 Å². The van der Waals surface area contributed by atoms with Crippen molar-refractivity contribution in [1.82, 2.24) is 9.71 Å². The third-order valence-electron chi connectivity index (χ3n) is 3.31. The second-order valence-electron chi connectivity index (χ2n) is 4.79. The van der Waals surface area contributed by atoms with Crippen LogP contribution in [0.3, 0.4) is 0 Å². The summed E-state index contributed by atoms with van der Waals surface area (Å²) in [5.41, 5.74) is 0. The van der Waals surface area contributed by atoms with Gasteiger partial charge in [-0.05, 0) is 30.0 Å². The maximum Gasteiger partial charge on any atom is 0.250 e. The number of anilines is 1. The predicted octanol–water partition coefficient (Wildman–Crippen LogP) is 2.35. The smallest absolute Gasteiger partial charge is 0.250 e. The molecule has 1 fully saturated rings. The molecule has 8 heteroatoms. The summed E-state index contributed by atoms with van der Waals surface area (Å²) in [5, 5.41) is 2.34. The summed E-state index contributed by atoms with van der Waals surface area (Å²) in [6.45, 7) is 1.30. The average molecular weight is 344 g/mol. The van der Waals surface area contributed by atoms with Gasteiger partial charge in [0.15, 0.2) is 0 Å². The van der Waals surface area contributed by atoms with Crippen LogP contribution < -0.4 is 9.62 Å². The van der Waals surface area contributed by atoms with Gasteiger partial charge in [0.25, 0.3) is 0 Å². The van der Waals surface area contributed by atoms with Gasteiger partial charge in [-0.3, -0.25) is 0 Å². The molecule has 3 heterocycles. The molecular formula is C13H14ClN3O2S2. The second kappa shape index (κ2) is 5.92. The molecule has 0 spiro atoms. The largest absolute Gasteiger partial charge is 0.354 e. The summed E-state index contributed by atoms with van der Waals surface area (Å²) >= 11 is 7.34. The fraction of sp³-hybridized carbons (Fsp3) is 0.308. The lowest BCUT2D eigenvalue weighted by Gasteiger charge is -2.18. The van der Waals surface area contributed by atoms with Crippen LogP contribution in [-0.2, 0) is 10.0 Å². The van der Waals surface area contributed by atoms with Crippen molar-refractivity contribution in [3.8, 4) is 0 Å². The minimum atomic E-state index is -3.43. The highest BCUT2D eigenvalue weighted by atomic mass is 35.5. The lowest BCUT2D eigenvalue weighted by molar-refractivity contribution is 0.563. The SMILES string of the molecule is O=S(=O)(N[C@H]1CCN(c2ncccc2Cl)C1)c1cccs1. The molecule has 0 unspecified atom stereocenters. The van der Waals surface area contributed by atoms with E-state index < -0.39 is 10.0 Å². The highest BCUT2D eigenvalue weighted by molar-refractivity contribution is 7.91. The summed E-state index contributed by atoms with van der Waals surface area (Å²) in [4.78, 5) is 6.26. The Kier molecular flexibility index (Phi) is 4.17. The highest BCUT2D eigenvalue weighted by Gasteiger charge is 2.29. The first kappa shape index (κ1) is 14.8. The van der Waals surface area contributed by atoms with Crippen molar-refractivity contribution in [3.05, 3.63) is 40.9 Å². The topological polar surface area (TPSA) is 62.3 Å². The molecule has 112 valence electrons. The Bertz CT molecular complexity index is 719. The van der Waals surface area contributed by atoms with Crippen LogP contribution in [-0.4, -0.2) is 32.5 Å². The van der Waals surface area contributed by atoms with E-state index in [2.05, 4.69) is 9.71 Å². The minimum Gasteiger partial charge on any atom is -0.354 e. The summed E-state index contributed by atoms with van der Waals surface area (Å²) in [6, 6.07) is 6.77. The number of sulfonamides is 1. The number of halogens is 1. The van der Waals surface area contributed by atoms with Crippen molar-refractivity contribution < 1.29 is 8.42 Å². The van der Waals surface area contributed by atoms with E-state index in [1.165, 1.54) is 11.3 Å². The van der Waals surface area contributed by atoms with Gasteiger partial charge in [0.05, 0.1) is 5.02 Å². The number of hydrogen-bond acceptors (Lipinski definition) is 5. The van der Waals surface area contributed by atoms with Crippen LogP contribution in [0.5, 0.6) is 0 Å². The van der Waals surface area contributed by atoms with Gasteiger partial charge in [0.2, 0.25) is 10.0 Å². The third kappa shape index (κ3) is 3.21. The quantitative estimate of drug-likeness (QED) is 0.925.